The smallest absolute Gasteiger partial charge is 0.0629 e. The summed E-state index contributed by atoms with van der Waals surface area (Å²) in [7, 11) is 9.65. The molecule has 0 spiro atoms. The Bertz CT molecular complexity index is 780. The first kappa shape index (κ1) is 19.0. The fourth-order valence-corrected chi connectivity index (χ4v) is 2.47. The third-order valence-corrected chi connectivity index (χ3v) is 3.69. The van der Waals surface area contributed by atoms with Gasteiger partial charge in [0.15, 0.2) is 0 Å². The molecule has 0 fully saturated rings. The van der Waals surface area contributed by atoms with Gasteiger partial charge in [0.05, 0.1) is 5.69 Å². The van der Waals surface area contributed by atoms with E-state index >= 15 is 0 Å². The van der Waals surface area contributed by atoms with Crippen molar-refractivity contribution >= 4 is 44.6 Å². The van der Waals surface area contributed by atoms with Crippen LogP contribution in [0.15, 0.2) is 88.8 Å². The third-order valence-electron chi connectivity index (χ3n) is 3.24. The molecular weight excluding hydrogens is 397 g/mol. The number of aliphatic imine (C=N–C) groups is 1. The van der Waals surface area contributed by atoms with E-state index in [-0.39, 0.29) is 13.4 Å². The van der Waals surface area contributed by atoms with Gasteiger partial charge in [0, 0.05) is 6.21 Å². The number of hydrogen-bond acceptors (Lipinski definition) is 2. The Balaban J connectivity index is 0.000000647. The van der Waals surface area contributed by atoms with Crippen LogP contribution in [0.4, 0.5) is 5.69 Å². The first-order valence-electron chi connectivity index (χ1n) is 7.10. The van der Waals surface area contributed by atoms with Crippen LogP contribution in [0.5, 0.6) is 0 Å². The van der Waals surface area contributed by atoms with Crippen LogP contribution in [0.1, 0.15) is 5.56 Å². The molecule has 1 nitrogen and oxygen atoms in total. The molecule has 0 saturated carbocycles. The summed E-state index contributed by atoms with van der Waals surface area (Å²) in [5.41, 5.74) is 4.10. The Morgan fingerprint density at radius 1 is 0.792 bits per heavy atom. The van der Waals surface area contributed by atoms with Gasteiger partial charge >= 0.3 is 33.5 Å². The van der Waals surface area contributed by atoms with E-state index in [1.165, 1.54) is 0 Å². The van der Waals surface area contributed by atoms with Gasteiger partial charge in [-0.25, -0.2) is 0 Å². The van der Waals surface area contributed by atoms with E-state index in [0.29, 0.717) is 0 Å². The molecule has 0 unspecified atom stereocenters. The Kier molecular flexibility index (Phi) is 8.32. The molecule has 5 heteroatoms. The zero-order chi connectivity index (χ0) is 17.2. The summed E-state index contributed by atoms with van der Waals surface area (Å²) in [6.07, 6.45) is 1.84. The van der Waals surface area contributed by atoms with Crippen LogP contribution in [-0.4, -0.2) is 6.21 Å². The van der Waals surface area contributed by atoms with Gasteiger partial charge in [-0.1, -0.05) is 66.7 Å². The van der Waals surface area contributed by atoms with E-state index in [1.54, 1.807) is 0 Å². The number of halogens is 2. The molecule has 0 amide bonds. The molecule has 121 valence electrons. The van der Waals surface area contributed by atoms with E-state index in [1.807, 2.05) is 66.9 Å². The average Bonchev–Trinajstić information content (AvgIpc) is 2.63. The van der Waals surface area contributed by atoms with E-state index < -0.39 is 0 Å². The maximum Gasteiger partial charge on any atom is 0.0629 e. The summed E-state index contributed by atoms with van der Waals surface area (Å²) in [5.74, 6) is 0. The Morgan fingerprint density at radius 3 is 2.00 bits per heavy atom. The number of nitrogens with zero attached hydrogens (tertiary/aromatic N) is 1. The van der Waals surface area contributed by atoms with Gasteiger partial charge < -0.3 is 12.6 Å². The zero-order valence-corrected chi connectivity index (χ0v) is 16.2. The second-order valence-electron chi connectivity index (χ2n) is 4.74. The Labute approximate surface area is 162 Å². The van der Waals surface area contributed by atoms with Crippen LogP contribution in [0.25, 0.3) is 11.1 Å². The van der Waals surface area contributed by atoms with Crippen LogP contribution in [0.2, 0.25) is 0 Å². The largest absolute Gasteiger partial charge is 0.778 e. The fraction of sp³-hybridized carbons (Fsp3) is 0. The second kappa shape index (κ2) is 10.5. The maximum atomic E-state index is 5.60. The molecular formula is C19H14Cl2CrNS. The molecule has 0 aliphatic rings. The summed E-state index contributed by atoms with van der Waals surface area (Å²) in [5, 5.41) is 0. The third kappa shape index (κ3) is 5.63. The molecule has 0 bridgehead atoms. The van der Waals surface area contributed by atoms with Gasteiger partial charge in [0.25, 0.3) is 0 Å². The minimum atomic E-state index is -0.181. The van der Waals surface area contributed by atoms with Gasteiger partial charge in [-0.3, -0.25) is 4.99 Å². The predicted molar refractivity (Wildman–Crippen MR) is 103 cm³/mol. The van der Waals surface area contributed by atoms with Crippen molar-refractivity contribution < 1.29 is 13.4 Å². The van der Waals surface area contributed by atoms with Gasteiger partial charge in [-0.15, -0.1) is 0 Å². The number of hydrogen-bond donors (Lipinski definition) is 0. The van der Waals surface area contributed by atoms with Gasteiger partial charge in [0.2, 0.25) is 0 Å². The zero-order valence-electron chi connectivity index (χ0n) is 12.6. The average molecular weight is 411 g/mol. The molecule has 24 heavy (non-hydrogen) atoms. The standard InChI is InChI=1S/C19H15NS.2ClH.Cr/c21-19-16(14-20-17-11-5-2-6-12-17)10-7-13-18(19)15-8-3-1-4-9-15;;;/h1-14,21H;2*1H;/q;;;+3/p-3. The molecule has 3 aromatic carbocycles. The normalized spacial score (nSPS) is 10.1. The Morgan fingerprint density at radius 2 is 1.38 bits per heavy atom. The molecule has 0 aliphatic heterocycles. The van der Waals surface area contributed by atoms with Crippen molar-refractivity contribution in [1.82, 2.24) is 0 Å². The van der Waals surface area contributed by atoms with Crippen LogP contribution in [-0.2, 0) is 26.0 Å². The number of benzene rings is 3. The molecule has 0 atom stereocenters. The second-order valence-corrected chi connectivity index (χ2v) is 7.26. The minimum absolute atomic E-state index is 0.181. The molecule has 0 radical (unpaired) electrons. The fourth-order valence-electron chi connectivity index (χ4n) is 2.16. The predicted octanol–water partition coefficient (Wildman–Crippen LogP) is 6.39. The van der Waals surface area contributed by atoms with Crippen molar-refractivity contribution in [2.24, 2.45) is 4.99 Å². The van der Waals surface area contributed by atoms with Gasteiger partial charge in [0.1, 0.15) is 0 Å². The van der Waals surface area contributed by atoms with Crippen molar-refractivity contribution in [2.75, 3.05) is 0 Å². The first-order chi connectivity index (χ1) is 11.8. The van der Waals surface area contributed by atoms with E-state index in [2.05, 4.69) is 23.2 Å². The van der Waals surface area contributed by atoms with E-state index in [0.717, 1.165) is 27.3 Å². The minimum Gasteiger partial charge on any atom is -0.778 e. The van der Waals surface area contributed by atoms with Crippen molar-refractivity contribution in [3.63, 3.8) is 0 Å². The molecule has 0 aromatic heterocycles. The van der Waals surface area contributed by atoms with Crippen LogP contribution >= 0.6 is 20.1 Å². The van der Waals surface area contributed by atoms with Crippen molar-refractivity contribution in [2.45, 2.75) is 4.90 Å². The van der Waals surface area contributed by atoms with E-state index in [4.69, 9.17) is 32.7 Å². The summed E-state index contributed by atoms with van der Waals surface area (Å²) in [6.45, 7) is 0. The molecule has 0 N–H and O–H groups in total. The van der Waals surface area contributed by atoms with Crippen molar-refractivity contribution in [3.8, 4) is 11.1 Å². The summed E-state index contributed by atoms with van der Waals surface area (Å²) >= 11 is 5.42. The van der Waals surface area contributed by atoms with E-state index in [9.17, 15) is 0 Å². The monoisotopic (exact) mass is 410 g/mol. The molecule has 3 rings (SSSR count). The molecule has 0 heterocycles. The Hall–Kier alpha value is -1.34. The molecule has 0 aliphatic carbocycles. The number of rotatable bonds is 3. The summed E-state index contributed by atoms with van der Waals surface area (Å²) < 4.78 is 0. The summed E-state index contributed by atoms with van der Waals surface area (Å²) in [6, 6.07) is 26.1. The maximum absolute atomic E-state index is 5.60. The van der Waals surface area contributed by atoms with Gasteiger partial charge in [-0.05, 0) is 28.8 Å². The molecule has 0 saturated heterocycles. The van der Waals surface area contributed by atoms with Gasteiger partial charge in [-0.2, -0.15) is 4.90 Å². The summed E-state index contributed by atoms with van der Waals surface area (Å²) in [4.78, 5) is 5.32. The van der Waals surface area contributed by atoms with Crippen LogP contribution < -0.4 is 0 Å². The quantitative estimate of drug-likeness (QED) is 0.360. The number of para-hydroxylation sites is 1. The van der Waals surface area contributed by atoms with Crippen LogP contribution in [0.3, 0.4) is 0 Å². The van der Waals surface area contributed by atoms with Crippen molar-refractivity contribution in [3.05, 3.63) is 84.4 Å². The topological polar surface area (TPSA) is 12.4 Å². The van der Waals surface area contributed by atoms with Crippen molar-refractivity contribution in [1.29, 1.82) is 0 Å². The SMILES string of the molecule is [Cl][Cr+][Cl].[S-]c1c(C=Nc2ccccc2)cccc1-c1ccccc1. The van der Waals surface area contributed by atoms with Crippen LogP contribution in [0, 0.1) is 0 Å². The molecule has 3 aromatic rings. The first-order valence-corrected chi connectivity index (χ1v) is 11.0.